The van der Waals surface area contributed by atoms with Crippen LogP contribution >= 0.6 is 22.9 Å². The molecule has 0 saturated carbocycles. The minimum absolute atomic E-state index is 0.00510. The van der Waals surface area contributed by atoms with Crippen LogP contribution in [-0.4, -0.2) is 17.6 Å². The lowest BCUT2D eigenvalue weighted by Crippen LogP contribution is -2.24. The number of hydrogen-bond acceptors (Lipinski definition) is 3. The average Bonchev–Trinajstić information content (AvgIpc) is 2.88. The van der Waals surface area contributed by atoms with Crippen molar-refractivity contribution < 1.29 is 9.53 Å². The number of amides is 1. The number of methoxy groups -OCH3 is 1. The molecule has 4 nitrogen and oxygen atoms in total. The lowest BCUT2D eigenvalue weighted by molar-refractivity contribution is 0.0994. The van der Waals surface area contributed by atoms with Gasteiger partial charge in [-0.05, 0) is 29.0 Å². The van der Waals surface area contributed by atoms with Crippen LogP contribution in [0.25, 0.3) is 0 Å². The van der Waals surface area contributed by atoms with Crippen molar-refractivity contribution in [2.24, 2.45) is 10.4 Å². The third kappa shape index (κ3) is 5.21. The highest BCUT2D eigenvalue weighted by atomic mass is 35.5. The van der Waals surface area contributed by atoms with Gasteiger partial charge in [0.15, 0.2) is 4.80 Å². The maximum Gasteiger partial charge on any atom is 0.283 e. The smallest absolute Gasteiger partial charge is 0.283 e. The zero-order valence-corrected chi connectivity index (χ0v) is 18.1. The molecule has 1 heterocycles. The zero-order chi connectivity index (χ0) is 19.7. The summed E-state index contributed by atoms with van der Waals surface area (Å²) in [5.41, 5.74) is 0.435. The van der Waals surface area contributed by atoms with Gasteiger partial charge in [-0.15, -0.1) is 11.3 Å². The molecule has 0 aliphatic heterocycles. The van der Waals surface area contributed by atoms with E-state index in [2.05, 4.69) is 57.3 Å². The second-order valence-corrected chi connectivity index (χ2v) is 10.0. The molecule has 1 aromatic carbocycles. The molecule has 0 radical (unpaired) electrons. The molecule has 0 bridgehead atoms. The van der Waals surface area contributed by atoms with Crippen molar-refractivity contribution >= 4 is 28.8 Å². The first kappa shape index (κ1) is 20.7. The van der Waals surface area contributed by atoms with Crippen molar-refractivity contribution in [2.45, 2.75) is 53.5 Å². The Labute approximate surface area is 164 Å². The van der Waals surface area contributed by atoms with Gasteiger partial charge in [-0.3, -0.25) is 4.79 Å². The molecule has 0 aliphatic rings. The molecule has 0 fully saturated rings. The molecule has 142 valence electrons. The molecule has 0 saturated heterocycles. The number of hydrogen-bond donors (Lipinski definition) is 0. The Morgan fingerprint density at radius 1 is 1.23 bits per heavy atom. The number of carbonyl (C=O) groups excluding carboxylic acids is 1. The van der Waals surface area contributed by atoms with Gasteiger partial charge in [0, 0.05) is 22.6 Å². The summed E-state index contributed by atoms with van der Waals surface area (Å²) in [4.78, 5) is 19.1. The SMILES string of the molecule is COc1ccc(Cl)cc1C(=O)N=c1sc(C(C)(C)C)cn1CC(C)(C)C. The molecule has 0 atom stereocenters. The van der Waals surface area contributed by atoms with Gasteiger partial charge in [0.05, 0.1) is 12.7 Å². The van der Waals surface area contributed by atoms with E-state index in [1.54, 1.807) is 29.5 Å². The molecule has 26 heavy (non-hydrogen) atoms. The first-order valence-electron chi connectivity index (χ1n) is 8.54. The maximum absolute atomic E-state index is 12.8. The summed E-state index contributed by atoms with van der Waals surface area (Å²) in [6.45, 7) is 13.8. The fourth-order valence-electron chi connectivity index (χ4n) is 2.43. The molecule has 1 aromatic heterocycles. The number of rotatable bonds is 3. The number of halogens is 1. The quantitative estimate of drug-likeness (QED) is 0.709. The molecule has 0 aliphatic carbocycles. The summed E-state index contributed by atoms with van der Waals surface area (Å²) in [7, 11) is 1.53. The van der Waals surface area contributed by atoms with E-state index in [0.717, 1.165) is 6.54 Å². The Morgan fingerprint density at radius 3 is 2.42 bits per heavy atom. The molecule has 2 aromatic rings. The van der Waals surface area contributed by atoms with E-state index in [9.17, 15) is 4.79 Å². The number of thiazole rings is 1. The number of nitrogens with zero attached hydrogens (tertiary/aromatic N) is 2. The van der Waals surface area contributed by atoms with Crippen LogP contribution in [0, 0.1) is 5.41 Å². The third-order valence-electron chi connectivity index (χ3n) is 3.69. The van der Waals surface area contributed by atoms with E-state index in [1.165, 1.54) is 12.0 Å². The summed E-state index contributed by atoms with van der Waals surface area (Å²) in [5, 5.41) is 0.480. The lowest BCUT2D eigenvalue weighted by Gasteiger charge is -2.19. The van der Waals surface area contributed by atoms with Crippen LogP contribution in [0.2, 0.25) is 5.02 Å². The molecule has 0 N–H and O–H groups in total. The maximum atomic E-state index is 12.8. The molecule has 0 spiro atoms. The van der Waals surface area contributed by atoms with E-state index in [0.29, 0.717) is 21.1 Å². The minimum Gasteiger partial charge on any atom is -0.496 e. The summed E-state index contributed by atoms with van der Waals surface area (Å²) < 4.78 is 7.36. The molecular formula is C20H27ClN2O2S. The van der Waals surface area contributed by atoms with Crippen LogP contribution in [-0.2, 0) is 12.0 Å². The van der Waals surface area contributed by atoms with Crippen molar-refractivity contribution in [3.05, 3.63) is 44.7 Å². The van der Waals surface area contributed by atoms with Gasteiger partial charge in [0.2, 0.25) is 0 Å². The molecular weight excluding hydrogens is 368 g/mol. The summed E-state index contributed by atoms with van der Waals surface area (Å²) in [6.07, 6.45) is 2.11. The van der Waals surface area contributed by atoms with Gasteiger partial charge in [-0.2, -0.15) is 4.99 Å². The number of aromatic nitrogens is 1. The summed E-state index contributed by atoms with van der Waals surface area (Å²) >= 11 is 7.60. The number of carbonyl (C=O) groups is 1. The highest BCUT2D eigenvalue weighted by molar-refractivity contribution is 7.09. The predicted molar refractivity (Wildman–Crippen MR) is 108 cm³/mol. The van der Waals surface area contributed by atoms with Gasteiger partial charge in [-0.1, -0.05) is 53.1 Å². The van der Waals surface area contributed by atoms with Crippen LogP contribution in [0.15, 0.2) is 29.4 Å². The fourth-order valence-corrected chi connectivity index (χ4v) is 3.65. The van der Waals surface area contributed by atoms with Crippen LogP contribution in [0.5, 0.6) is 5.75 Å². The van der Waals surface area contributed by atoms with Crippen molar-refractivity contribution in [1.29, 1.82) is 0 Å². The Balaban J connectivity index is 2.57. The molecule has 0 unspecified atom stereocenters. The monoisotopic (exact) mass is 394 g/mol. The Bertz CT molecular complexity index is 867. The second-order valence-electron chi connectivity index (χ2n) is 8.58. The third-order valence-corrected chi connectivity index (χ3v) is 5.37. The van der Waals surface area contributed by atoms with Crippen molar-refractivity contribution in [3.8, 4) is 5.75 Å². The number of benzene rings is 1. The van der Waals surface area contributed by atoms with Crippen LogP contribution in [0.1, 0.15) is 56.8 Å². The lowest BCUT2D eigenvalue weighted by atomic mass is 9.95. The minimum atomic E-state index is -0.352. The largest absolute Gasteiger partial charge is 0.496 e. The van der Waals surface area contributed by atoms with Crippen molar-refractivity contribution in [3.63, 3.8) is 0 Å². The first-order chi connectivity index (χ1) is 11.9. The average molecular weight is 395 g/mol. The highest BCUT2D eigenvalue weighted by Crippen LogP contribution is 2.27. The van der Waals surface area contributed by atoms with Gasteiger partial charge in [0.1, 0.15) is 5.75 Å². The standard InChI is InChI=1S/C20H27ClN2O2S/c1-19(2,3)12-23-11-16(20(4,5)6)26-18(23)22-17(24)14-10-13(21)8-9-15(14)25-7/h8-11H,12H2,1-7H3. The van der Waals surface area contributed by atoms with Gasteiger partial charge >= 0.3 is 0 Å². The molecule has 1 amide bonds. The van der Waals surface area contributed by atoms with Crippen molar-refractivity contribution in [1.82, 2.24) is 4.57 Å². The fraction of sp³-hybridized carbons (Fsp3) is 0.500. The Kier molecular flexibility index (Phi) is 6.03. The van der Waals surface area contributed by atoms with Crippen LogP contribution in [0.4, 0.5) is 0 Å². The number of ether oxygens (including phenoxy) is 1. The van der Waals surface area contributed by atoms with Gasteiger partial charge in [-0.25, -0.2) is 0 Å². The highest BCUT2D eigenvalue weighted by Gasteiger charge is 2.21. The van der Waals surface area contributed by atoms with Crippen LogP contribution in [0.3, 0.4) is 0 Å². The molecule has 2 rings (SSSR count). The van der Waals surface area contributed by atoms with E-state index < -0.39 is 0 Å². The first-order valence-corrected chi connectivity index (χ1v) is 9.73. The predicted octanol–water partition coefficient (Wildman–Crippen LogP) is 5.30. The zero-order valence-electron chi connectivity index (χ0n) is 16.5. The van der Waals surface area contributed by atoms with E-state index in [4.69, 9.17) is 16.3 Å². The van der Waals surface area contributed by atoms with Gasteiger partial charge in [0.25, 0.3) is 5.91 Å². The van der Waals surface area contributed by atoms with Gasteiger partial charge < -0.3 is 9.30 Å². The Hall–Kier alpha value is -1.59. The van der Waals surface area contributed by atoms with E-state index >= 15 is 0 Å². The summed E-state index contributed by atoms with van der Waals surface area (Å²) in [6, 6.07) is 4.97. The van der Waals surface area contributed by atoms with E-state index in [-0.39, 0.29) is 16.7 Å². The summed E-state index contributed by atoms with van der Waals surface area (Å²) in [5.74, 6) is 0.118. The normalized spacial score (nSPS) is 13.2. The topological polar surface area (TPSA) is 43.6 Å². The van der Waals surface area contributed by atoms with E-state index in [1.807, 2.05) is 0 Å². The second kappa shape index (κ2) is 7.57. The van der Waals surface area contributed by atoms with Crippen molar-refractivity contribution in [2.75, 3.05) is 7.11 Å². The Morgan fingerprint density at radius 2 is 1.88 bits per heavy atom. The van der Waals surface area contributed by atoms with Crippen LogP contribution < -0.4 is 9.54 Å². The molecule has 6 heteroatoms.